The summed E-state index contributed by atoms with van der Waals surface area (Å²) in [6.07, 6.45) is 7.61. The third kappa shape index (κ3) is 2.85. The number of aromatic nitrogens is 3. The van der Waals surface area contributed by atoms with Crippen molar-refractivity contribution in [1.82, 2.24) is 14.9 Å². The van der Waals surface area contributed by atoms with Crippen LogP contribution in [0.1, 0.15) is 5.56 Å². The first kappa shape index (κ1) is 11.6. The predicted molar refractivity (Wildman–Crippen MR) is 66.0 cm³/mol. The molecule has 1 aromatic carbocycles. The average Bonchev–Trinajstić information content (AvgIpc) is 2.88. The maximum atomic E-state index is 10.8. The topological polar surface area (TPSA) is 86.2 Å². The van der Waals surface area contributed by atoms with Crippen molar-refractivity contribution < 1.29 is 4.92 Å². The Morgan fingerprint density at radius 2 is 2.00 bits per heavy atom. The molecule has 0 N–H and O–H groups in total. The van der Waals surface area contributed by atoms with Gasteiger partial charge in [0.2, 0.25) is 0 Å². The van der Waals surface area contributed by atoms with Gasteiger partial charge in [-0.25, -0.2) is 4.68 Å². The van der Waals surface area contributed by atoms with E-state index in [-0.39, 0.29) is 5.69 Å². The molecule has 2 rings (SSSR count). The van der Waals surface area contributed by atoms with Crippen molar-refractivity contribution >= 4 is 18.0 Å². The highest BCUT2D eigenvalue weighted by atomic mass is 16.6. The number of hydrogen-bond donors (Lipinski definition) is 0. The second-order valence-electron chi connectivity index (χ2n) is 3.28. The molecule has 2 aromatic rings. The number of rotatable bonds is 4. The zero-order chi connectivity index (χ0) is 12.8. The third-order valence-corrected chi connectivity index (χ3v) is 2.10. The number of benzene rings is 1. The first-order valence-electron chi connectivity index (χ1n) is 5.06. The van der Waals surface area contributed by atoms with Crippen molar-refractivity contribution in [2.75, 3.05) is 0 Å². The monoisotopic (exact) mass is 243 g/mol. The van der Waals surface area contributed by atoms with E-state index in [2.05, 4.69) is 15.3 Å². The first-order chi connectivity index (χ1) is 8.77. The van der Waals surface area contributed by atoms with E-state index in [0.717, 1.165) is 0 Å². The van der Waals surface area contributed by atoms with E-state index in [0.29, 0.717) is 5.56 Å². The number of nitrogens with zero attached hydrogens (tertiary/aromatic N) is 5. The van der Waals surface area contributed by atoms with Crippen LogP contribution in [0, 0.1) is 10.1 Å². The molecule has 0 aliphatic rings. The highest BCUT2D eigenvalue weighted by Gasteiger charge is 2.08. The van der Waals surface area contributed by atoms with Crippen LogP contribution in [0.15, 0.2) is 48.1 Å². The molecule has 90 valence electrons. The van der Waals surface area contributed by atoms with Gasteiger partial charge in [-0.2, -0.15) is 5.10 Å². The molecule has 0 radical (unpaired) electrons. The van der Waals surface area contributed by atoms with Crippen molar-refractivity contribution in [3.8, 4) is 0 Å². The number of para-hydroxylation sites is 1. The molecule has 0 aliphatic carbocycles. The van der Waals surface area contributed by atoms with Gasteiger partial charge in [-0.15, -0.1) is 10.2 Å². The Kier molecular flexibility index (Phi) is 3.55. The van der Waals surface area contributed by atoms with Gasteiger partial charge in [-0.05, 0) is 18.2 Å². The van der Waals surface area contributed by atoms with Crippen molar-refractivity contribution in [2.45, 2.75) is 0 Å². The molecule has 0 unspecified atom stereocenters. The molecule has 0 saturated carbocycles. The summed E-state index contributed by atoms with van der Waals surface area (Å²) in [4.78, 5) is 10.3. The average molecular weight is 243 g/mol. The Labute approximate surface area is 102 Å². The quantitative estimate of drug-likeness (QED) is 0.465. The van der Waals surface area contributed by atoms with Gasteiger partial charge >= 0.3 is 0 Å². The van der Waals surface area contributed by atoms with Crippen LogP contribution in [0.2, 0.25) is 0 Å². The number of nitro groups is 1. The summed E-state index contributed by atoms with van der Waals surface area (Å²) in [5.74, 6) is 0. The molecule has 1 heterocycles. The smallest absolute Gasteiger partial charge is 0.258 e. The van der Waals surface area contributed by atoms with Crippen LogP contribution < -0.4 is 0 Å². The molecule has 7 heteroatoms. The van der Waals surface area contributed by atoms with Crippen LogP contribution in [0.5, 0.6) is 0 Å². The summed E-state index contributed by atoms with van der Waals surface area (Å²) in [6.45, 7) is 0. The lowest BCUT2D eigenvalue weighted by molar-refractivity contribution is -0.385. The Balaban J connectivity index is 2.12. The summed E-state index contributed by atoms with van der Waals surface area (Å²) in [5, 5.41) is 21.9. The number of nitro benzene ring substituents is 1. The Morgan fingerprint density at radius 1 is 1.28 bits per heavy atom. The second-order valence-corrected chi connectivity index (χ2v) is 3.28. The molecule has 0 amide bonds. The van der Waals surface area contributed by atoms with E-state index >= 15 is 0 Å². The van der Waals surface area contributed by atoms with E-state index in [1.807, 2.05) is 0 Å². The Morgan fingerprint density at radius 3 is 2.72 bits per heavy atom. The minimum atomic E-state index is -0.420. The SMILES string of the molecule is O=[N+]([O-])c1ccccc1/C=C/C=N/n1cnnc1. The second kappa shape index (κ2) is 5.48. The first-order valence-corrected chi connectivity index (χ1v) is 5.06. The maximum absolute atomic E-state index is 10.8. The summed E-state index contributed by atoms with van der Waals surface area (Å²) >= 11 is 0. The molecule has 0 fully saturated rings. The lowest BCUT2D eigenvalue weighted by atomic mass is 10.2. The van der Waals surface area contributed by atoms with Crippen molar-refractivity contribution in [2.24, 2.45) is 5.10 Å². The van der Waals surface area contributed by atoms with Gasteiger partial charge in [0.1, 0.15) is 12.7 Å². The molecule has 0 spiro atoms. The van der Waals surface area contributed by atoms with Crippen LogP contribution in [0.4, 0.5) is 5.69 Å². The maximum Gasteiger partial charge on any atom is 0.276 e. The van der Waals surface area contributed by atoms with Crippen LogP contribution >= 0.6 is 0 Å². The van der Waals surface area contributed by atoms with E-state index in [1.54, 1.807) is 30.4 Å². The fourth-order valence-corrected chi connectivity index (χ4v) is 1.31. The summed E-state index contributed by atoms with van der Waals surface area (Å²) in [7, 11) is 0. The Hall–Kier alpha value is -2.83. The number of hydrogen-bond acceptors (Lipinski definition) is 5. The van der Waals surface area contributed by atoms with E-state index in [4.69, 9.17) is 0 Å². The van der Waals surface area contributed by atoms with Crippen LogP contribution in [0.25, 0.3) is 6.08 Å². The van der Waals surface area contributed by atoms with Gasteiger partial charge in [-0.1, -0.05) is 12.1 Å². The largest absolute Gasteiger partial charge is 0.276 e. The fourth-order valence-electron chi connectivity index (χ4n) is 1.31. The minimum absolute atomic E-state index is 0.0615. The minimum Gasteiger partial charge on any atom is -0.258 e. The molecule has 7 nitrogen and oxygen atoms in total. The zero-order valence-corrected chi connectivity index (χ0v) is 9.25. The third-order valence-electron chi connectivity index (χ3n) is 2.10. The van der Waals surface area contributed by atoms with E-state index < -0.39 is 4.92 Å². The molecule has 0 atom stereocenters. The lowest BCUT2D eigenvalue weighted by Gasteiger charge is -1.95. The van der Waals surface area contributed by atoms with E-state index in [1.165, 1.54) is 29.6 Å². The van der Waals surface area contributed by atoms with Gasteiger partial charge in [0.05, 0.1) is 10.5 Å². The van der Waals surface area contributed by atoms with Crippen molar-refractivity contribution in [1.29, 1.82) is 0 Å². The number of allylic oxidation sites excluding steroid dienone is 1. The lowest BCUT2D eigenvalue weighted by Crippen LogP contribution is -1.90. The van der Waals surface area contributed by atoms with Gasteiger partial charge in [-0.3, -0.25) is 10.1 Å². The Bertz CT molecular complexity index is 589. The van der Waals surface area contributed by atoms with Gasteiger partial charge < -0.3 is 0 Å². The summed E-state index contributed by atoms with van der Waals surface area (Å²) < 4.78 is 1.42. The molecular formula is C11H9N5O2. The molecule has 0 saturated heterocycles. The van der Waals surface area contributed by atoms with Gasteiger partial charge in [0.15, 0.2) is 0 Å². The zero-order valence-electron chi connectivity index (χ0n) is 9.25. The molecule has 18 heavy (non-hydrogen) atoms. The van der Waals surface area contributed by atoms with Crippen molar-refractivity contribution in [3.63, 3.8) is 0 Å². The van der Waals surface area contributed by atoms with Crippen LogP contribution in [-0.2, 0) is 0 Å². The van der Waals surface area contributed by atoms with Gasteiger partial charge in [0.25, 0.3) is 5.69 Å². The molecule has 0 bridgehead atoms. The molecule has 0 aliphatic heterocycles. The molecular weight excluding hydrogens is 234 g/mol. The van der Waals surface area contributed by atoms with Crippen molar-refractivity contribution in [3.05, 3.63) is 58.7 Å². The van der Waals surface area contributed by atoms with Crippen LogP contribution in [-0.4, -0.2) is 26.0 Å². The van der Waals surface area contributed by atoms with Gasteiger partial charge in [0, 0.05) is 12.3 Å². The molecule has 1 aromatic heterocycles. The van der Waals surface area contributed by atoms with E-state index in [9.17, 15) is 10.1 Å². The van der Waals surface area contributed by atoms with Crippen LogP contribution in [0.3, 0.4) is 0 Å². The highest BCUT2D eigenvalue weighted by molar-refractivity contribution is 5.79. The fraction of sp³-hybridized carbons (Fsp3) is 0. The standard InChI is InChI=1S/C11H9N5O2/c17-16(18)11-6-2-1-4-10(11)5-3-7-14-15-8-12-13-9-15/h1-9H/b5-3+,14-7+. The summed E-state index contributed by atoms with van der Waals surface area (Å²) in [5.41, 5.74) is 0.587. The predicted octanol–water partition coefficient (Wildman–Crippen LogP) is 1.73. The summed E-state index contributed by atoms with van der Waals surface area (Å²) in [6, 6.07) is 6.49. The highest BCUT2D eigenvalue weighted by Crippen LogP contribution is 2.18. The normalized spacial score (nSPS) is 11.3.